The number of ether oxygens (including phenoxy) is 1. The van der Waals surface area contributed by atoms with E-state index in [1.165, 1.54) is 17.2 Å². The largest absolute Gasteiger partial charge is 0.476 e. The Labute approximate surface area is 201 Å². The predicted molar refractivity (Wildman–Crippen MR) is 125 cm³/mol. The van der Waals surface area contributed by atoms with E-state index in [4.69, 9.17) is 14.4 Å². The summed E-state index contributed by atoms with van der Waals surface area (Å²) in [5, 5.41) is 17.9. The van der Waals surface area contributed by atoms with Crippen molar-refractivity contribution in [2.24, 2.45) is 5.92 Å². The molecular formula is C26H25N3O6. The van der Waals surface area contributed by atoms with Gasteiger partial charge in [-0.05, 0) is 41.5 Å². The number of rotatable bonds is 7. The van der Waals surface area contributed by atoms with Crippen molar-refractivity contribution in [3.8, 4) is 11.1 Å². The molecule has 0 bridgehead atoms. The summed E-state index contributed by atoms with van der Waals surface area (Å²) in [7, 11) is 0. The van der Waals surface area contributed by atoms with Crippen LogP contribution in [0.25, 0.3) is 11.1 Å². The van der Waals surface area contributed by atoms with Crippen LogP contribution in [0.5, 0.6) is 0 Å². The molecule has 5 rings (SSSR count). The monoisotopic (exact) mass is 475 g/mol. The van der Waals surface area contributed by atoms with Gasteiger partial charge in [-0.25, -0.2) is 9.59 Å². The molecule has 1 fully saturated rings. The number of carboxylic acids is 1. The fraction of sp³-hybridized carbons (Fsp3) is 0.308. The molecule has 0 radical (unpaired) electrons. The van der Waals surface area contributed by atoms with Crippen molar-refractivity contribution in [2.75, 3.05) is 6.61 Å². The molecular weight excluding hydrogens is 450 g/mol. The number of hydrogen-bond acceptors (Lipinski definition) is 6. The summed E-state index contributed by atoms with van der Waals surface area (Å²) in [5.74, 6) is -1.36. The number of hydrogen-bond donors (Lipinski definition) is 3. The average Bonchev–Trinajstić information content (AvgIpc) is 3.59. The summed E-state index contributed by atoms with van der Waals surface area (Å²) in [4.78, 5) is 35.9. The molecule has 3 aromatic rings. The predicted octanol–water partition coefficient (Wildman–Crippen LogP) is 3.70. The molecule has 0 spiro atoms. The number of alkyl carbamates (subject to hydrolysis) is 1. The molecule has 0 saturated heterocycles. The van der Waals surface area contributed by atoms with E-state index in [2.05, 4.69) is 40.1 Å². The number of fused-ring (bicyclic) bond motifs is 3. The SMILES string of the molecule is O=C(NC1CCC(C(=O)NCc2cc(C(=O)O)no2)C1)OCC1c2ccccc2-c2ccccc21. The number of amides is 2. The summed E-state index contributed by atoms with van der Waals surface area (Å²) in [6.45, 7) is 0.298. The molecule has 35 heavy (non-hydrogen) atoms. The quantitative estimate of drug-likeness (QED) is 0.475. The summed E-state index contributed by atoms with van der Waals surface area (Å²) >= 11 is 0. The Hall–Kier alpha value is -4.14. The van der Waals surface area contributed by atoms with E-state index in [1.807, 2.05) is 24.3 Å². The molecule has 2 unspecified atom stereocenters. The van der Waals surface area contributed by atoms with Gasteiger partial charge < -0.3 is 25.0 Å². The normalized spacial score (nSPS) is 18.5. The van der Waals surface area contributed by atoms with Crippen molar-refractivity contribution < 1.29 is 28.8 Å². The van der Waals surface area contributed by atoms with Gasteiger partial charge in [0.25, 0.3) is 0 Å². The van der Waals surface area contributed by atoms with Crippen LogP contribution in [0, 0.1) is 5.92 Å². The molecule has 3 N–H and O–H groups in total. The highest BCUT2D eigenvalue weighted by molar-refractivity contribution is 5.85. The standard InChI is InChI=1S/C26H25N3O6/c30-24(27-13-17-12-23(25(31)32)29-35-17)15-9-10-16(11-15)28-26(33)34-14-22-20-7-3-1-5-18(20)19-6-2-4-8-21(19)22/h1-8,12,15-16,22H,9-11,13-14H2,(H,27,30)(H,28,33)(H,31,32). The molecule has 2 aliphatic rings. The second-order valence-corrected chi connectivity index (χ2v) is 8.88. The minimum atomic E-state index is -1.19. The Morgan fingerprint density at radius 1 is 1.03 bits per heavy atom. The highest BCUT2D eigenvalue weighted by Gasteiger charge is 2.32. The van der Waals surface area contributed by atoms with Crippen LogP contribution in [0.15, 0.2) is 59.1 Å². The molecule has 2 atom stereocenters. The third kappa shape index (κ3) is 4.75. The number of carboxylic acid groups (broad SMARTS) is 1. The van der Waals surface area contributed by atoms with Gasteiger partial charge in [-0.3, -0.25) is 4.79 Å². The van der Waals surface area contributed by atoms with E-state index in [1.54, 1.807) is 0 Å². The van der Waals surface area contributed by atoms with Crippen LogP contribution < -0.4 is 10.6 Å². The molecule has 180 valence electrons. The first-order chi connectivity index (χ1) is 17.0. The summed E-state index contributed by atoms with van der Waals surface area (Å²) in [6.07, 6.45) is 1.33. The smallest absolute Gasteiger partial charge is 0.407 e. The average molecular weight is 476 g/mol. The molecule has 2 amide bonds. The minimum Gasteiger partial charge on any atom is -0.476 e. The van der Waals surface area contributed by atoms with E-state index >= 15 is 0 Å². The van der Waals surface area contributed by atoms with Crippen LogP contribution in [0.1, 0.15) is 52.6 Å². The molecule has 0 aliphatic heterocycles. The highest BCUT2D eigenvalue weighted by Crippen LogP contribution is 2.44. The number of aromatic nitrogens is 1. The van der Waals surface area contributed by atoms with Crippen molar-refractivity contribution in [2.45, 2.75) is 37.8 Å². The Balaban J connectivity index is 1.10. The van der Waals surface area contributed by atoms with Gasteiger partial charge in [0, 0.05) is 23.9 Å². The van der Waals surface area contributed by atoms with Crippen LogP contribution in [0.3, 0.4) is 0 Å². The number of benzene rings is 2. The highest BCUT2D eigenvalue weighted by atomic mass is 16.5. The van der Waals surface area contributed by atoms with Crippen molar-refractivity contribution in [1.82, 2.24) is 15.8 Å². The lowest BCUT2D eigenvalue weighted by Gasteiger charge is -2.17. The van der Waals surface area contributed by atoms with Gasteiger partial charge in [-0.2, -0.15) is 0 Å². The molecule has 9 heteroatoms. The van der Waals surface area contributed by atoms with Crippen molar-refractivity contribution in [1.29, 1.82) is 0 Å². The summed E-state index contributed by atoms with van der Waals surface area (Å²) in [6, 6.07) is 17.5. The maximum Gasteiger partial charge on any atom is 0.407 e. The lowest BCUT2D eigenvalue weighted by molar-refractivity contribution is -0.125. The van der Waals surface area contributed by atoms with Gasteiger partial charge in [-0.1, -0.05) is 53.7 Å². The molecule has 9 nitrogen and oxygen atoms in total. The van der Waals surface area contributed by atoms with Gasteiger partial charge in [0.05, 0.1) is 6.54 Å². The Bertz CT molecular complexity index is 1220. The Kier molecular flexibility index (Phi) is 6.22. The van der Waals surface area contributed by atoms with E-state index in [9.17, 15) is 14.4 Å². The zero-order chi connectivity index (χ0) is 24.4. The summed E-state index contributed by atoms with van der Waals surface area (Å²) in [5.41, 5.74) is 4.45. The van der Waals surface area contributed by atoms with E-state index in [0.29, 0.717) is 19.3 Å². The lowest BCUT2D eigenvalue weighted by atomic mass is 9.98. The number of aromatic carboxylic acids is 1. The minimum absolute atomic E-state index is 0.00649. The lowest BCUT2D eigenvalue weighted by Crippen LogP contribution is -2.35. The number of carbonyl (C=O) groups is 3. The Morgan fingerprint density at radius 2 is 1.71 bits per heavy atom. The third-order valence-corrected chi connectivity index (χ3v) is 6.68. The van der Waals surface area contributed by atoms with Gasteiger partial charge in [0.2, 0.25) is 5.91 Å². The van der Waals surface area contributed by atoms with Gasteiger partial charge in [0.1, 0.15) is 6.61 Å². The number of carbonyl (C=O) groups excluding carboxylic acids is 2. The number of nitrogens with one attached hydrogen (secondary N) is 2. The van der Waals surface area contributed by atoms with Gasteiger partial charge in [0.15, 0.2) is 11.5 Å². The molecule has 2 aromatic carbocycles. The van der Waals surface area contributed by atoms with Crippen molar-refractivity contribution in [3.05, 3.63) is 77.2 Å². The molecule has 1 aromatic heterocycles. The maximum atomic E-state index is 12.5. The van der Waals surface area contributed by atoms with Crippen molar-refractivity contribution in [3.63, 3.8) is 0 Å². The second kappa shape index (κ2) is 9.61. The third-order valence-electron chi connectivity index (χ3n) is 6.68. The summed E-state index contributed by atoms with van der Waals surface area (Å²) < 4.78 is 10.5. The zero-order valence-corrected chi connectivity index (χ0v) is 18.9. The zero-order valence-electron chi connectivity index (χ0n) is 18.9. The van der Waals surface area contributed by atoms with E-state index in [0.717, 1.165) is 11.1 Å². The van der Waals surface area contributed by atoms with Gasteiger partial charge in [-0.15, -0.1) is 0 Å². The first-order valence-electron chi connectivity index (χ1n) is 11.6. The topological polar surface area (TPSA) is 131 Å². The first-order valence-corrected chi connectivity index (χ1v) is 11.6. The van der Waals surface area contributed by atoms with Gasteiger partial charge >= 0.3 is 12.1 Å². The molecule has 1 saturated carbocycles. The van der Waals surface area contributed by atoms with E-state index in [-0.39, 0.29) is 48.4 Å². The van der Waals surface area contributed by atoms with Crippen LogP contribution >= 0.6 is 0 Å². The van der Waals surface area contributed by atoms with Crippen LogP contribution in [0.4, 0.5) is 4.79 Å². The first kappa shape index (κ1) is 22.6. The Morgan fingerprint density at radius 3 is 2.37 bits per heavy atom. The second-order valence-electron chi connectivity index (χ2n) is 8.88. The van der Waals surface area contributed by atoms with Crippen LogP contribution in [-0.4, -0.2) is 40.9 Å². The molecule has 1 heterocycles. The van der Waals surface area contributed by atoms with E-state index < -0.39 is 12.1 Å². The maximum absolute atomic E-state index is 12.5. The number of nitrogens with zero attached hydrogens (tertiary/aromatic N) is 1. The fourth-order valence-corrected chi connectivity index (χ4v) is 4.97. The van der Waals surface area contributed by atoms with Crippen molar-refractivity contribution >= 4 is 18.0 Å². The molecule has 2 aliphatic carbocycles. The van der Waals surface area contributed by atoms with Crippen LogP contribution in [0.2, 0.25) is 0 Å². The van der Waals surface area contributed by atoms with Crippen LogP contribution in [-0.2, 0) is 16.1 Å². The fourth-order valence-electron chi connectivity index (χ4n) is 4.97.